The van der Waals surface area contributed by atoms with Crippen LogP contribution in [0.3, 0.4) is 0 Å². The van der Waals surface area contributed by atoms with E-state index in [-0.39, 0.29) is 22.6 Å². The lowest BCUT2D eigenvalue weighted by atomic mass is 10.0. The average molecular weight is 506 g/mol. The molecule has 2 aromatic carbocycles. The molecule has 0 bridgehead atoms. The van der Waals surface area contributed by atoms with E-state index < -0.39 is 17.3 Å². The maximum Gasteiger partial charge on any atom is 0.416 e. The van der Waals surface area contributed by atoms with Crippen molar-refractivity contribution < 1.29 is 18.0 Å². The summed E-state index contributed by atoms with van der Waals surface area (Å²) in [7, 11) is 1.67. The number of H-pyrrole nitrogens is 1. The predicted octanol–water partition coefficient (Wildman–Crippen LogP) is 4.52. The summed E-state index contributed by atoms with van der Waals surface area (Å²) in [6.45, 7) is 1.46. The monoisotopic (exact) mass is 506 g/mol. The van der Waals surface area contributed by atoms with Gasteiger partial charge in [-0.15, -0.1) is 0 Å². The Morgan fingerprint density at radius 2 is 1.78 bits per heavy atom. The van der Waals surface area contributed by atoms with E-state index >= 15 is 0 Å². The molecule has 11 heteroatoms. The number of fused-ring (bicyclic) bond motifs is 3. The number of likely N-dealkylation sites (tertiary alicyclic amines) is 1. The number of aryl methyl sites for hydroxylation is 1. The number of alkyl halides is 3. The van der Waals surface area contributed by atoms with Gasteiger partial charge in [-0.05, 0) is 49.2 Å². The van der Waals surface area contributed by atoms with Crippen molar-refractivity contribution in [3.8, 4) is 16.9 Å². The molecule has 0 unspecified atom stereocenters. The minimum atomic E-state index is -4.54. The van der Waals surface area contributed by atoms with Crippen LogP contribution in [0.25, 0.3) is 38.9 Å². The van der Waals surface area contributed by atoms with Crippen LogP contribution in [0.1, 0.15) is 28.8 Å². The van der Waals surface area contributed by atoms with Gasteiger partial charge in [0.1, 0.15) is 0 Å². The summed E-state index contributed by atoms with van der Waals surface area (Å²) >= 11 is 0. The molecule has 1 aliphatic heterocycles. The zero-order valence-electron chi connectivity index (χ0n) is 19.7. The van der Waals surface area contributed by atoms with Gasteiger partial charge in [-0.3, -0.25) is 19.4 Å². The summed E-state index contributed by atoms with van der Waals surface area (Å²) in [6, 6.07) is 11.4. The van der Waals surface area contributed by atoms with Gasteiger partial charge in [-0.2, -0.15) is 18.3 Å². The highest BCUT2D eigenvalue weighted by Gasteiger charge is 2.31. The maximum atomic E-state index is 13.7. The lowest BCUT2D eigenvalue weighted by molar-refractivity contribution is -0.137. The fourth-order valence-corrected chi connectivity index (χ4v) is 4.84. The normalized spacial score (nSPS) is 14.2. The number of carbonyl (C=O) groups is 1. The number of amides is 1. The molecule has 4 heterocycles. The van der Waals surface area contributed by atoms with E-state index in [0.717, 1.165) is 38.1 Å². The molecule has 0 spiro atoms. The van der Waals surface area contributed by atoms with Crippen molar-refractivity contribution >= 4 is 27.8 Å². The standard InChI is InChI=1S/C26H21F3N6O2/c1-33-23-19(14-30-33)22-20(21(31-23)16-5-4-6-17(13-16)26(27,28)29)25(37)35(32-22)18-9-7-15(8-10-18)24(36)34-11-2-3-12-34/h4-10,13-14,32H,2-3,11-12H2,1H3. The van der Waals surface area contributed by atoms with Gasteiger partial charge in [0.25, 0.3) is 11.5 Å². The van der Waals surface area contributed by atoms with Gasteiger partial charge in [0.15, 0.2) is 5.65 Å². The summed E-state index contributed by atoms with van der Waals surface area (Å²) in [4.78, 5) is 32.7. The summed E-state index contributed by atoms with van der Waals surface area (Å²) in [5.74, 6) is -0.0545. The number of carbonyl (C=O) groups excluding carboxylic acids is 1. The Hall–Kier alpha value is -4.41. The zero-order chi connectivity index (χ0) is 25.9. The minimum absolute atomic E-state index is 0.0545. The quantitative estimate of drug-likeness (QED) is 0.390. The number of aromatic nitrogens is 5. The number of rotatable bonds is 3. The van der Waals surface area contributed by atoms with Crippen molar-refractivity contribution in [2.24, 2.45) is 7.05 Å². The fraction of sp³-hybridized carbons (Fsp3) is 0.231. The molecule has 3 aromatic heterocycles. The summed E-state index contributed by atoms with van der Waals surface area (Å²) in [5, 5.41) is 8.02. The summed E-state index contributed by atoms with van der Waals surface area (Å²) in [6.07, 6.45) is -1.02. The SMILES string of the molecule is Cn1ncc2c3[nH]n(-c4ccc(C(=O)N5CCCC5)cc4)c(=O)c3c(-c3cccc(C(F)(F)F)c3)nc21. The van der Waals surface area contributed by atoms with Crippen molar-refractivity contribution in [2.75, 3.05) is 13.1 Å². The second-order valence-electron chi connectivity index (χ2n) is 9.09. The highest BCUT2D eigenvalue weighted by Crippen LogP contribution is 2.34. The van der Waals surface area contributed by atoms with Crippen LogP contribution in [0.15, 0.2) is 59.5 Å². The van der Waals surface area contributed by atoms with Gasteiger partial charge in [0.05, 0.1) is 39.4 Å². The molecular weight excluding hydrogens is 485 g/mol. The zero-order valence-corrected chi connectivity index (χ0v) is 19.7. The molecule has 1 fully saturated rings. The Kier molecular flexibility index (Phi) is 5.18. The van der Waals surface area contributed by atoms with Gasteiger partial charge in [0.2, 0.25) is 0 Å². The molecule has 1 saturated heterocycles. The Morgan fingerprint density at radius 3 is 2.49 bits per heavy atom. The Labute approximate surface area is 207 Å². The smallest absolute Gasteiger partial charge is 0.339 e. The van der Waals surface area contributed by atoms with Gasteiger partial charge < -0.3 is 4.90 Å². The van der Waals surface area contributed by atoms with Crippen molar-refractivity contribution in [3.63, 3.8) is 0 Å². The number of benzene rings is 2. The van der Waals surface area contributed by atoms with E-state index in [1.165, 1.54) is 21.5 Å². The van der Waals surface area contributed by atoms with Crippen LogP contribution in [-0.2, 0) is 13.2 Å². The molecule has 8 nitrogen and oxygen atoms in total. The van der Waals surface area contributed by atoms with Crippen molar-refractivity contribution in [2.45, 2.75) is 19.0 Å². The molecule has 1 N–H and O–H groups in total. The first kappa shape index (κ1) is 23.0. The van der Waals surface area contributed by atoms with Crippen LogP contribution < -0.4 is 5.56 Å². The first-order chi connectivity index (χ1) is 17.7. The van der Waals surface area contributed by atoms with Crippen LogP contribution in [0, 0.1) is 0 Å². The van der Waals surface area contributed by atoms with Crippen LogP contribution in [0.5, 0.6) is 0 Å². The molecule has 1 amide bonds. The largest absolute Gasteiger partial charge is 0.416 e. The fourth-order valence-electron chi connectivity index (χ4n) is 4.84. The third-order valence-electron chi connectivity index (χ3n) is 6.75. The van der Waals surface area contributed by atoms with E-state index in [1.807, 2.05) is 0 Å². The number of nitrogens with one attached hydrogen (secondary N) is 1. The van der Waals surface area contributed by atoms with Gasteiger partial charge >= 0.3 is 6.18 Å². The van der Waals surface area contributed by atoms with Gasteiger partial charge in [-0.25, -0.2) is 9.67 Å². The first-order valence-electron chi connectivity index (χ1n) is 11.8. The predicted molar refractivity (Wildman–Crippen MR) is 132 cm³/mol. The highest BCUT2D eigenvalue weighted by molar-refractivity contribution is 6.07. The molecule has 0 radical (unpaired) electrons. The first-order valence-corrected chi connectivity index (χ1v) is 11.8. The lowest BCUT2D eigenvalue weighted by Gasteiger charge is -2.15. The third kappa shape index (κ3) is 3.78. The van der Waals surface area contributed by atoms with Gasteiger partial charge in [-0.1, -0.05) is 12.1 Å². The number of hydrogen-bond acceptors (Lipinski definition) is 4. The van der Waals surface area contributed by atoms with E-state index in [4.69, 9.17) is 0 Å². The maximum absolute atomic E-state index is 13.7. The van der Waals surface area contributed by atoms with Crippen LogP contribution >= 0.6 is 0 Å². The van der Waals surface area contributed by atoms with Crippen LogP contribution in [0.4, 0.5) is 13.2 Å². The number of aromatic amines is 1. The Morgan fingerprint density at radius 1 is 1.05 bits per heavy atom. The van der Waals surface area contributed by atoms with E-state index in [2.05, 4.69) is 15.2 Å². The van der Waals surface area contributed by atoms with Crippen LogP contribution in [0.2, 0.25) is 0 Å². The van der Waals surface area contributed by atoms with Crippen LogP contribution in [-0.4, -0.2) is 48.4 Å². The van der Waals surface area contributed by atoms with E-state index in [9.17, 15) is 22.8 Å². The highest BCUT2D eigenvalue weighted by atomic mass is 19.4. The topological polar surface area (TPSA) is 88.8 Å². The second-order valence-corrected chi connectivity index (χ2v) is 9.09. The number of hydrogen-bond donors (Lipinski definition) is 1. The molecule has 188 valence electrons. The van der Waals surface area contributed by atoms with Crippen molar-refractivity contribution in [1.29, 1.82) is 0 Å². The van der Waals surface area contributed by atoms with E-state index in [1.54, 1.807) is 42.4 Å². The molecule has 1 aliphatic rings. The summed E-state index contributed by atoms with van der Waals surface area (Å²) < 4.78 is 43.1. The Balaban J connectivity index is 1.52. The van der Waals surface area contributed by atoms with Crippen molar-refractivity contribution in [3.05, 3.63) is 76.2 Å². The summed E-state index contributed by atoms with van der Waals surface area (Å²) in [5.41, 5.74) is 0.809. The van der Waals surface area contributed by atoms with Gasteiger partial charge in [0, 0.05) is 31.3 Å². The Bertz CT molecular complexity index is 1720. The molecule has 0 aliphatic carbocycles. The number of pyridine rings is 1. The molecule has 6 rings (SSSR count). The minimum Gasteiger partial charge on any atom is -0.339 e. The van der Waals surface area contributed by atoms with Crippen molar-refractivity contribution in [1.82, 2.24) is 29.4 Å². The average Bonchev–Trinajstić information content (AvgIpc) is 3.63. The lowest BCUT2D eigenvalue weighted by Crippen LogP contribution is -2.27. The molecular formula is C26H21F3N6O2. The molecule has 0 atom stereocenters. The molecule has 5 aromatic rings. The van der Waals surface area contributed by atoms with E-state index in [0.29, 0.717) is 27.8 Å². The molecule has 37 heavy (non-hydrogen) atoms. The second kappa shape index (κ2) is 8.32. The molecule has 0 saturated carbocycles. The third-order valence-corrected chi connectivity index (χ3v) is 6.75. The number of nitrogens with zero attached hydrogens (tertiary/aromatic N) is 5. The number of halogens is 3.